The fourth-order valence-corrected chi connectivity index (χ4v) is 9.32. The average Bonchev–Trinajstić information content (AvgIpc) is 3.29. The van der Waals surface area contributed by atoms with Crippen molar-refractivity contribution in [1.82, 2.24) is 0 Å². The van der Waals surface area contributed by atoms with Gasteiger partial charge in [-0.2, -0.15) is 4.58 Å². The van der Waals surface area contributed by atoms with E-state index in [4.69, 9.17) is 20.9 Å². The third kappa shape index (κ3) is 10.9. The number of ketones is 1. The molecular weight excluding hydrogens is 745 g/mol. The Morgan fingerprint density at radius 1 is 0.583 bits per heavy atom. The highest BCUT2D eigenvalue weighted by atomic mass is 16.5. The van der Waals surface area contributed by atoms with Crippen molar-refractivity contribution in [3.8, 4) is 11.5 Å². The van der Waals surface area contributed by atoms with Gasteiger partial charge in [-0.25, -0.2) is 0 Å². The lowest BCUT2D eigenvalue weighted by atomic mass is 9.80. The number of unbranched alkanes of at least 4 members (excludes halogenated alkanes) is 6. The Hall–Kier alpha value is -4.92. The highest BCUT2D eigenvalue weighted by Gasteiger charge is 2.37. The number of carbonyl (C=O) groups is 1. The highest BCUT2D eigenvalue weighted by Crippen LogP contribution is 2.41. The standard InChI is InChI=1S/C52H66N4O4/c53-35-11-1-3-13-37-59-47-31-27-45(28-32-47)55(41-15-7-5-8-16-41)43-23-19-39(20-24-43)49-51(57)50(52(49)58)40-21-25-44(26-22-40)56(42-17-9-6-10-18-42)46-29-33-48(34-30-46)60-38-14-4-2-12-36-54/h19-34,41-42H,1-18,35-38,53-54H2/p+1. The molecule has 0 radical (unpaired) electrons. The molecular formula is C52H67N4O4+. The largest absolute Gasteiger partial charge is 0.506 e. The number of anilines is 2. The number of carbonyl (C=O) groups excluding carboxylic acids is 1. The van der Waals surface area contributed by atoms with Crippen LogP contribution < -0.4 is 25.8 Å². The second-order valence-electron chi connectivity index (χ2n) is 16.9. The molecule has 4 aliphatic rings. The summed E-state index contributed by atoms with van der Waals surface area (Å²) >= 11 is 0. The summed E-state index contributed by atoms with van der Waals surface area (Å²) in [5, 5.41) is 11.4. The maximum atomic E-state index is 13.8. The third-order valence-electron chi connectivity index (χ3n) is 12.6. The summed E-state index contributed by atoms with van der Waals surface area (Å²) in [6.07, 6.45) is 28.9. The number of ether oxygens (including phenoxy) is 2. The Kier molecular flexibility index (Phi) is 15.9. The Labute approximate surface area is 358 Å². The first kappa shape index (κ1) is 43.2. The molecule has 4 aliphatic carbocycles. The number of hydrogen-bond acceptors (Lipinski definition) is 7. The molecule has 8 nitrogen and oxygen atoms in total. The molecule has 3 aromatic rings. The summed E-state index contributed by atoms with van der Waals surface area (Å²) < 4.78 is 14.6. The zero-order chi connectivity index (χ0) is 41.5. The van der Waals surface area contributed by atoms with Gasteiger partial charge in [-0.1, -0.05) is 63.5 Å². The second-order valence-corrected chi connectivity index (χ2v) is 16.9. The minimum atomic E-state index is -0.119. The van der Waals surface area contributed by atoms with E-state index in [1.807, 2.05) is 24.3 Å². The Bertz CT molecular complexity index is 2000. The van der Waals surface area contributed by atoms with Crippen LogP contribution in [0.5, 0.6) is 11.5 Å². The van der Waals surface area contributed by atoms with Crippen LogP contribution in [0.15, 0.2) is 114 Å². The first-order chi connectivity index (χ1) is 29.6. The number of hydrogen-bond donors (Lipinski definition) is 3. The van der Waals surface area contributed by atoms with E-state index in [0.717, 1.165) is 136 Å². The average molecular weight is 812 g/mol. The molecule has 0 amide bonds. The van der Waals surface area contributed by atoms with Gasteiger partial charge in [-0.15, -0.1) is 0 Å². The zero-order valence-corrected chi connectivity index (χ0v) is 35.7. The smallest absolute Gasteiger partial charge is 0.206 e. The fraction of sp³-hybridized carbons (Fsp3) is 0.462. The first-order valence-electron chi connectivity index (χ1n) is 23.1. The molecule has 0 atom stereocenters. The number of benzene rings is 3. The van der Waals surface area contributed by atoms with Crippen molar-refractivity contribution in [2.45, 2.75) is 128 Å². The van der Waals surface area contributed by atoms with E-state index in [2.05, 4.69) is 82.3 Å². The minimum absolute atomic E-state index is 0.0683. The van der Waals surface area contributed by atoms with Crippen molar-refractivity contribution in [2.24, 2.45) is 11.5 Å². The summed E-state index contributed by atoms with van der Waals surface area (Å²) in [5.74, 6) is 1.73. The molecule has 5 N–H and O–H groups in total. The normalized spacial score (nSPS) is 17.3. The molecule has 0 aliphatic heterocycles. The van der Waals surface area contributed by atoms with Crippen molar-refractivity contribution in [3.63, 3.8) is 0 Å². The Balaban J connectivity index is 1.05. The van der Waals surface area contributed by atoms with Crippen LogP contribution in [0.1, 0.15) is 121 Å². The van der Waals surface area contributed by atoms with Gasteiger partial charge < -0.3 is 30.9 Å². The number of nitrogens with zero attached hydrogens (tertiary/aromatic N) is 2. The van der Waals surface area contributed by atoms with E-state index in [1.54, 1.807) is 0 Å². The molecule has 0 aromatic heterocycles. The van der Waals surface area contributed by atoms with Crippen LogP contribution in [0, 0.1) is 0 Å². The van der Waals surface area contributed by atoms with Crippen LogP contribution in [-0.4, -0.2) is 59.6 Å². The van der Waals surface area contributed by atoms with Gasteiger partial charge in [0, 0.05) is 54.5 Å². The van der Waals surface area contributed by atoms with Crippen LogP contribution in [0.4, 0.5) is 17.1 Å². The van der Waals surface area contributed by atoms with Crippen molar-refractivity contribution in [3.05, 3.63) is 120 Å². The summed E-state index contributed by atoms with van der Waals surface area (Å²) in [4.78, 5) is 16.2. The molecule has 60 heavy (non-hydrogen) atoms. The third-order valence-corrected chi connectivity index (χ3v) is 12.6. The molecule has 0 unspecified atom stereocenters. The number of aliphatic hydroxyl groups is 1. The molecule has 0 saturated heterocycles. The molecule has 8 heteroatoms. The van der Waals surface area contributed by atoms with Gasteiger partial charge >= 0.3 is 0 Å². The highest BCUT2D eigenvalue weighted by molar-refractivity contribution is 6.39. The topological polar surface area (TPSA) is 114 Å². The second kappa shape index (κ2) is 22.1. The predicted molar refractivity (Wildman–Crippen MR) is 246 cm³/mol. The van der Waals surface area contributed by atoms with Gasteiger partial charge in [-0.3, -0.25) is 4.79 Å². The van der Waals surface area contributed by atoms with Crippen LogP contribution in [-0.2, 0) is 4.79 Å². The zero-order valence-electron chi connectivity index (χ0n) is 35.7. The summed E-state index contributed by atoms with van der Waals surface area (Å²) in [6.45, 7) is 2.93. The van der Waals surface area contributed by atoms with Crippen molar-refractivity contribution in [1.29, 1.82) is 0 Å². The maximum absolute atomic E-state index is 13.8. The lowest BCUT2D eigenvalue weighted by Crippen LogP contribution is -2.33. The lowest BCUT2D eigenvalue weighted by Gasteiger charge is -2.36. The molecule has 7 rings (SSSR count). The van der Waals surface area contributed by atoms with Gasteiger partial charge in [0.05, 0.1) is 24.4 Å². The summed E-state index contributed by atoms with van der Waals surface area (Å²) in [6, 6.07) is 25.9. The predicted octanol–water partition coefficient (Wildman–Crippen LogP) is 11.3. The SMILES string of the molecule is NCCCCCCOc1ccc(N(c2ccc(C3=C(O)C(=C4C=CC(=[N+](c5ccc(OCCCCCCN)cc5)C5CCCCC5)C=C4)C3=O)cc2)C2CCCCC2)cc1. The first-order valence-corrected chi connectivity index (χ1v) is 23.1. The summed E-state index contributed by atoms with van der Waals surface area (Å²) in [5.41, 5.74) is 18.0. The number of nitrogens with two attached hydrogens (primary N) is 2. The molecule has 2 fully saturated rings. The van der Waals surface area contributed by atoms with E-state index >= 15 is 0 Å². The maximum Gasteiger partial charge on any atom is 0.206 e. The van der Waals surface area contributed by atoms with Crippen LogP contribution >= 0.6 is 0 Å². The molecule has 0 heterocycles. The van der Waals surface area contributed by atoms with Crippen molar-refractivity contribution in [2.75, 3.05) is 31.2 Å². The van der Waals surface area contributed by atoms with E-state index < -0.39 is 0 Å². The van der Waals surface area contributed by atoms with Crippen LogP contribution in [0.3, 0.4) is 0 Å². The van der Waals surface area contributed by atoms with Crippen molar-refractivity contribution >= 4 is 34.1 Å². The number of allylic oxidation sites excluding steroid dienone is 7. The molecule has 0 bridgehead atoms. The minimum Gasteiger partial charge on any atom is -0.506 e. The van der Waals surface area contributed by atoms with Gasteiger partial charge in [0.25, 0.3) is 0 Å². The van der Waals surface area contributed by atoms with Gasteiger partial charge in [-0.05, 0) is 136 Å². The fourth-order valence-electron chi connectivity index (χ4n) is 9.32. The van der Waals surface area contributed by atoms with Crippen molar-refractivity contribution < 1.29 is 24.0 Å². The lowest BCUT2D eigenvalue weighted by molar-refractivity contribution is -0.488. The molecule has 0 spiro atoms. The van der Waals surface area contributed by atoms with Crippen LogP contribution in [0.25, 0.3) is 5.57 Å². The quantitative estimate of drug-likeness (QED) is 0.0591. The molecule has 3 aromatic carbocycles. The monoisotopic (exact) mass is 812 g/mol. The van der Waals surface area contributed by atoms with Gasteiger partial charge in [0.15, 0.2) is 6.04 Å². The number of Topliss-reactive ketones (excluding diaryl/α,β-unsaturated/α-hetero) is 1. The Morgan fingerprint density at radius 3 is 1.62 bits per heavy atom. The molecule has 2 saturated carbocycles. The number of aliphatic hydroxyl groups excluding tert-OH is 1. The van der Waals surface area contributed by atoms with E-state index in [9.17, 15) is 9.90 Å². The van der Waals surface area contributed by atoms with E-state index in [1.165, 1.54) is 38.5 Å². The molecule has 318 valence electrons. The van der Waals surface area contributed by atoms with E-state index in [0.29, 0.717) is 36.4 Å². The van der Waals surface area contributed by atoms with Crippen LogP contribution in [0.2, 0.25) is 0 Å². The van der Waals surface area contributed by atoms with Gasteiger partial charge in [0.1, 0.15) is 17.3 Å². The van der Waals surface area contributed by atoms with E-state index in [-0.39, 0.29) is 11.5 Å². The Morgan fingerprint density at radius 2 is 1.08 bits per heavy atom. The summed E-state index contributed by atoms with van der Waals surface area (Å²) in [7, 11) is 0. The van der Waals surface area contributed by atoms with Gasteiger partial charge in [0.2, 0.25) is 17.2 Å². The number of rotatable bonds is 20.